The smallest absolute Gasteiger partial charge is 0.339 e. The molecule has 0 bridgehead atoms. The fourth-order valence-electron chi connectivity index (χ4n) is 3.42. The number of methoxy groups -OCH3 is 4. The monoisotopic (exact) mass is 548 g/mol. The van der Waals surface area contributed by atoms with Crippen molar-refractivity contribution in [2.45, 2.75) is 11.4 Å². The first kappa shape index (κ1) is 28.5. The fourth-order valence-corrected chi connectivity index (χ4v) is 4.35. The van der Waals surface area contributed by atoms with E-state index in [-0.39, 0.29) is 36.1 Å². The average molecular weight is 549 g/mol. The van der Waals surface area contributed by atoms with Crippen LogP contribution in [-0.2, 0) is 21.4 Å². The number of benzene rings is 3. The van der Waals surface area contributed by atoms with Gasteiger partial charge in [-0.25, -0.2) is 9.18 Å². The third-order valence-corrected chi connectivity index (χ3v) is 6.65. The third kappa shape index (κ3) is 7.26. The molecule has 0 fully saturated rings. The molecule has 0 spiro atoms. The highest BCUT2D eigenvalue weighted by Gasteiger charge is 2.21. The van der Waals surface area contributed by atoms with Gasteiger partial charge < -0.3 is 33.3 Å². The Bertz CT molecular complexity index is 1350. The summed E-state index contributed by atoms with van der Waals surface area (Å²) in [7, 11) is 1.61. The number of hydrogen-bond donors (Lipinski definition) is 1. The molecule has 3 aromatic rings. The van der Waals surface area contributed by atoms with Crippen molar-refractivity contribution in [2.75, 3.05) is 46.9 Å². The van der Waals surface area contributed by atoms with E-state index in [1.165, 1.54) is 45.5 Å². The average Bonchev–Trinajstić information content (AvgIpc) is 2.91. The molecule has 0 saturated carbocycles. The highest BCUT2D eigenvalue weighted by molar-refractivity contribution is 7.87. The Morgan fingerprint density at radius 2 is 1.58 bits per heavy atom. The molecule has 12 heteroatoms. The number of amides is 2. The molecule has 204 valence electrons. The predicted molar refractivity (Wildman–Crippen MR) is 138 cm³/mol. The Labute approximate surface area is 221 Å². The second-order valence-electron chi connectivity index (χ2n) is 7.89. The lowest BCUT2D eigenvalue weighted by Crippen LogP contribution is -2.37. The molecule has 1 N–H and O–H groups in total. The second-order valence-corrected chi connectivity index (χ2v) is 9.43. The summed E-state index contributed by atoms with van der Waals surface area (Å²) >= 11 is 0. The van der Waals surface area contributed by atoms with Gasteiger partial charge in [0.25, 0.3) is 0 Å². The van der Waals surface area contributed by atoms with E-state index in [4.69, 9.17) is 23.1 Å². The molecule has 3 rings (SSSR count). The van der Waals surface area contributed by atoms with E-state index >= 15 is 0 Å². The van der Waals surface area contributed by atoms with Crippen LogP contribution in [-0.4, -0.2) is 60.9 Å². The minimum atomic E-state index is -4.28. The summed E-state index contributed by atoms with van der Waals surface area (Å²) in [6.45, 7) is 0.577. The first-order chi connectivity index (χ1) is 18.2. The van der Waals surface area contributed by atoms with Crippen molar-refractivity contribution in [3.8, 4) is 23.0 Å². The Morgan fingerprint density at radius 1 is 0.868 bits per heavy atom. The standard InChI is InChI=1S/C26H29FN2O8S/c1-33-14-13-29(26(30)28-22-11-8-20(34-2)16-24(22)36-4)17-18-5-12-23(35-3)25(15-18)37-38(31,32)21-9-6-19(27)7-10-21/h5-12,15-16H,13-14,17H2,1-4H3,(H,28,30). The molecule has 0 aliphatic heterocycles. The molecule has 0 heterocycles. The van der Waals surface area contributed by atoms with Gasteiger partial charge in [0, 0.05) is 26.3 Å². The molecule has 0 aliphatic carbocycles. The topological polar surface area (TPSA) is 113 Å². The van der Waals surface area contributed by atoms with Gasteiger partial charge in [-0.05, 0) is 54.1 Å². The number of urea groups is 1. The van der Waals surface area contributed by atoms with Crippen molar-refractivity contribution in [2.24, 2.45) is 0 Å². The number of carbonyl (C=O) groups is 1. The molecule has 10 nitrogen and oxygen atoms in total. The normalized spacial score (nSPS) is 11.0. The van der Waals surface area contributed by atoms with Gasteiger partial charge in [0.15, 0.2) is 11.5 Å². The molecule has 38 heavy (non-hydrogen) atoms. The maximum Gasteiger partial charge on any atom is 0.339 e. The van der Waals surface area contributed by atoms with E-state index in [2.05, 4.69) is 5.32 Å². The SMILES string of the molecule is COCCN(Cc1ccc(OC)c(OS(=O)(=O)c2ccc(F)cc2)c1)C(=O)Nc1ccc(OC)cc1OC. The number of carbonyl (C=O) groups excluding carboxylic acids is 1. The van der Waals surface area contributed by atoms with E-state index in [9.17, 15) is 17.6 Å². The van der Waals surface area contributed by atoms with E-state index in [1.54, 1.807) is 24.3 Å². The summed E-state index contributed by atoms with van der Waals surface area (Å²) < 4.78 is 65.0. The summed E-state index contributed by atoms with van der Waals surface area (Å²) in [5.41, 5.74) is 0.993. The summed E-state index contributed by atoms with van der Waals surface area (Å²) in [5.74, 6) is 0.478. The van der Waals surface area contributed by atoms with Crippen LogP contribution in [0, 0.1) is 5.82 Å². The molecule has 0 atom stereocenters. The number of hydrogen-bond acceptors (Lipinski definition) is 8. The zero-order valence-electron chi connectivity index (χ0n) is 21.4. The van der Waals surface area contributed by atoms with Crippen molar-refractivity contribution in [3.63, 3.8) is 0 Å². The van der Waals surface area contributed by atoms with E-state index in [0.717, 1.165) is 24.3 Å². The Balaban J connectivity index is 1.85. The molecule has 0 aliphatic rings. The minimum Gasteiger partial charge on any atom is -0.497 e. The van der Waals surface area contributed by atoms with Gasteiger partial charge in [0.2, 0.25) is 0 Å². The van der Waals surface area contributed by atoms with Gasteiger partial charge in [-0.3, -0.25) is 0 Å². The lowest BCUT2D eigenvalue weighted by atomic mass is 10.2. The Kier molecular flexibility index (Phi) is 9.74. The number of rotatable bonds is 12. The molecule has 0 saturated heterocycles. The third-order valence-electron chi connectivity index (χ3n) is 5.41. The van der Waals surface area contributed by atoms with Crippen LogP contribution >= 0.6 is 0 Å². The van der Waals surface area contributed by atoms with Gasteiger partial charge >= 0.3 is 16.1 Å². The molecular weight excluding hydrogens is 519 g/mol. The fraction of sp³-hybridized carbons (Fsp3) is 0.269. The number of halogens is 1. The van der Waals surface area contributed by atoms with Gasteiger partial charge in [-0.15, -0.1) is 0 Å². The molecule has 0 aromatic heterocycles. The van der Waals surface area contributed by atoms with Crippen molar-refractivity contribution < 1.29 is 40.7 Å². The first-order valence-electron chi connectivity index (χ1n) is 11.3. The maximum atomic E-state index is 13.2. The summed E-state index contributed by atoms with van der Waals surface area (Å²) in [5, 5.41) is 2.81. The quantitative estimate of drug-likeness (QED) is 0.334. The summed E-state index contributed by atoms with van der Waals surface area (Å²) in [6, 6.07) is 13.5. The lowest BCUT2D eigenvalue weighted by Gasteiger charge is -2.24. The molecule has 3 aromatic carbocycles. The highest BCUT2D eigenvalue weighted by atomic mass is 32.2. The second kappa shape index (κ2) is 13.0. The lowest BCUT2D eigenvalue weighted by molar-refractivity contribution is 0.152. The van der Waals surface area contributed by atoms with Gasteiger partial charge in [-0.1, -0.05) is 6.07 Å². The van der Waals surface area contributed by atoms with E-state index in [0.29, 0.717) is 22.7 Å². The van der Waals surface area contributed by atoms with Crippen LogP contribution in [0.5, 0.6) is 23.0 Å². The number of anilines is 1. The molecular formula is C26H29FN2O8S. The maximum absolute atomic E-state index is 13.2. The molecule has 0 unspecified atom stereocenters. The van der Waals surface area contributed by atoms with Crippen LogP contribution < -0.4 is 23.7 Å². The van der Waals surface area contributed by atoms with Crippen LogP contribution in [0.1, 0.15) is 5.56 Å². The van der Waals surface area contributed by atoms with Gasteiger partial charge in [0.05, 0.1) is 33.6 Å². The van der Waals surface area contributed by atoms with Crippen molar-refractivity contribution in [1.29, 1.82) is 0 Å². The predicted octanol–water partition coefficient (Wildman–Crippen LogP) is 4.30. The number of ether oxygens (including phenoxy) is 4. The van der Waals surface area contributed by atoms with Gasteiger partial charge in [0.1, 0.15) is 22.2 Å². The zero-order valence-corrected chi connectivity index (χ0v) is 22.2. The first-order valence-corrected chi connectivity index (χ1v) is 12.8. The minimum absolute atomic E-state index is 0.0850. The highest BCUT2D eigenvalue weighted by Crippen LogP contribution is 2.32. The zero-order chi connectivity index (χ0) is 27.7. The van der Waals surface area contributed by atoms with Crippen molar-refractivity contribution in [3.05, 3.63) is 72.0 Å². The largest absolute Gasteiger partial charge is 0.497 e. The van der Waals surface area contributed by atoms with Crippen molar-refractivity contribution >= 4 is 21.8 Å². The van der Waals surface area contributed by atoms with Crippen LogP contribution in [0.15, 0.2) is 65.6 Å². The molecule has 2 amide bonds. The number of nitrogens with one attached hydrogen (secondary N) is 1. The van der Waals surface area contributed by atoms with E-state index < -0.39 is 22.0 Å². The van der Waals surface area contributed by atoms with Crippen LogP contribution in [0.3, 0.4) is 0 Å². The van der Waals surface area contributed by atoms with Gasteiger partial charge in [-0.2, -0.15) is 8.42 Å². The van der Waals surface area contributed by atoms with Crippen molar-refractivity contribution in [1.82, 2.24) is 4.90 Å². The summed E-state index contributed by atoms with van der Waals surface area (Å²) in [6.07, 6.45) is 0. The Morgan fingerprint density at radius 3 is 2.21 bits per heavy atom. The van der Waals surface area contributed by atoms with Crippen LogP contribution in [0.4, 0.5) is 14.9 Å². The van der Waals surface area contributed by atoms with E-state index in [1.807, 2.05) is 0 Å². The summed E-state index contributed by atoms with van der Waals surface area (Å²) in [4.78, 5) is 14.4. The Hall–Kier alpha value is -4.03. The molecule has 0 radical (unpaired) electrons. The van der Waals surface area contributed by atoms with Crippen LogP contribution in [0.2, 0.25) is 0 Å². The van der Waals surface area contributed by atoms with Crippen LogP contribution in [0.25, 0.3) is 0 Å². The number of nitrogens with zero attached hydrogens (tertiary/aromatic N) is 1.